The van der Waals surface area contributed by atoms with Gasteiger partial charge in [-0.2, -0.15) is 0 Å². The van der Waals surface area contributed by atoms with Gasteiger partial charge in [0.05, 0.1) is 6.61 Å². The van der Waals surface area contributed by atoms with E-state index in [4.69, 9.17) is 14.9 Å². The van der Waals surface area contributed by atoms with Crippen LogP contribution >= 0.6 is 0 Å². The summed E-state index contributed by atoms with van der Waals surface area (Å²) in [6.07, 6.45) is 2.11. The minimum absolute atomic E-state index is 0.0291. The van der Waals surface area contributed by atoms with E-state index < -0.39 is 5.97 Å². The summed E-state index contributed by atoms with van der Waals surface area (Å²) in [7, 11) is 0. The molecule has 16 heavy (non-hydrogen) atoms. The molecule has 0 saturated heterocycles. The van der Waals surface area contributed by atoms with Crippen LogP contribution in [0.15, 0.2) is 0 Å². The van der Waals surface area contributed by atoms with Crippen LogP contribution in [0.2, 0.25) is 0 Å². The molecule has 5 heteroatoms. The molecule has 0 spiro atoms. The highest BCUT2D eigenvalue weighted by atomic mass is 16.5. The van der Waals surface area contributed by atoms with Gasteiger partial charge in [-0.05, 0) is 25.2 Å². The van der Waals surface area contributed by atoms with Gasteiger partial charge in [0, 0.05) is 19.4 Å². The lowest BCUT2D eigenvalue weighted by Crippen LogP contribution is -2.11. The van der Waals surface area contributed by atoms with Gasteiger partial charge in [-0.1, -0.05) is 6.92 Å². The second-order valence-electron chi connectivity index (χ2n) is 3.89. The molecule has 0 saturated carbocycles. The van der Waals surface area contributed by atoms with E-state index in [0.717, 1.165) is 0 Å². The Morgan fingerprint density at radius 3 is 2.56 bits per heavy atom. The summed E-state index contributed by atoms with van der Waals surface area (Å²) < 4.78 is 4.92. The van der Waals surface area contributed by atoms with Crippen LogP contribution in [0.4, 0.5) is 0 Å². The zero-order valence-electron chi connectivity index (χ0n) is 9.65. The Morgan fingerprint density at radius 2 is 2.00 bits per heavy atom. The van der Waals surface area contributed by atoms with Crippen LogP contribution in [0.1, 0.15) is 39.0 Å². The van der Waals surface area contributed by atoms with Gasteiger partial charge >= 0.3 is 11.9 Å². The van der Waals surface area contributed by atoms with Crippen molar-refractivity contribution in [1.29, 1.82) is 0 Å². The Morgan fingerprint density at radius 1 is 1.31 bits per heavy atom. The zero-order valence-corrected chi connectivity index (χ0v) is 9.65. The van der Waals surface area contributed by atoms with Crippen LogP contribution in [0.5, 0.6) is 0 Å². The maximum absolute atomic E-state index is 11.2. The first-order valence-electron chi connectivity index (χ1n) is 5.54. The summed E-state index contributed by atoms with van der Waals surface area (Å²) in [4.78, 5) is 21.5. The predicted octanol–water partition coefficient (Wildman–Crippen LogP) is 1.19. The summed E-state index contributed by atoms with van der Waals surface area (Å²) in [5.74, 6) is -1.11. The van der Waals surface area contributed by atoms with Crippen LogP contribution in [0.3, 0.4) is 0 Å². The Balaban J connectivity index is 3.50. The lowest BCUT2D eigenvalue weighted by molar-refractivity contribution is -0.145. The first kappa shape index (κ1) is 14.9. The molecule has 0 aliphatic carbocycles. The van der Waals surface area contributed by atoms with Crippen molar-refractivity contribution in [3.8, 4) is 0 Å². The Bertz CT molecular complexity index is 214. The van der Waals surface area contributed by atoms with E-state index >= 15 is 0 Å². The summed E-state index contributed by atoms with van der Waals surface area (Å²) >= 11 is 0. The van der Waals surface area contributed by atoms with Gasteiger partial charge in [-0.3, -0.25) is 9.59 Å². The molecule has 5 nitrogen and oxygen atoms in total. The quantitative estimate of drug-likeness (QED) is 0.461. The fourth-order valence-corrected chi connectivity index (χ4v) is 1.22. The van der Waals surface area contributed by atoms with E-state index in [1.165, 1.54) is 0 Å². The van der Waals surface area contributed by atoms with Gasteiger partial charge in [0.25, 0.3) is 0 Å². The molecule has 94 valence electrons. The lowest BCUT2D eigenvalue weighted by Gasteiger charge is -2.09. The molecule has 0 aliphatic heterocycles. The number of aliphatic hydroxyl groups excluding tert-OH is 1. The smallest absolute Gasteiger partial charge is 0.306 e. The van der Waals surface area contributed by atoms with Crippen molar-refractivity contribution in [2.45, 2.75) is 39.0 Å². The highest BCUT2D eigenvalue weighted by Crippen LogP contribution is 2.11. The first-order chi connectivity index (χ1) is 7.56. The molecule has 0 rings (SSSR count). The van der Waals surface area contributed by atoms with Crippen molar-refractivity contribution in [3.05, 3.63) is 0 Å². The van der Waals surface area contributed by atoms with Gasteiger partial charge in [0.2, 0.25) is 0 Å². The van der Waals surface area contributed by atoms with Crippen LogP contribution in [0, 0.1) is 5.92 Å². The lowest BCUT2D eigenvalue weighted by atomic mass is 10.0. The van der Waals surface area contributed by atoms with Gasteiger partial charge in [-0.25, -0.2) is 0 Å². The number of carbonyl (C=O) groups is 2. The second kappa shape index (κ2) is 9.15. The minimum atomic E-state index is -0.844. The summed E-state index contributed by atoms with van der Waals surface area (Å²) in [5.41, 5.74) is 0. The predicted molar refractivity (Wildman–Crippen MR) is 57.9 cm³/mol. The summed E-state index contributed by atoms with van der Waals surface area (Å²) in [6, 6.07) is 0. The SMILES string of the molecule is CC(CCC(=O)O)CC(=O)OCCCCO. The van der Waals surface area contributed by atoms with E-state index in [0.29, 0.717) is 25.9 Å². The number of carboxylic acid groups (broad SMARTS) is 1. The molecule has 0 aromatic carbocycles. The number of carbonyl (C=O) groups excluding carboxylic acids is 1. The topological polar surface area (TPSA) is 83.8 Å². The Labute approximate surface area is 95.4 Å². The van der Waals surface area contributed by atoms with Gasteiger partial charge in [0.1, 0.15) is 0 Å². The normalized spacial score (nSPS) is 12.1. The molecule has 0 aromatic rings. The number of aliphatic hydroxyl groups is 1. The molecular weight excluding hydrogens is 212 g/mol. The maximum Gasteiger partial charge on any atom is 0.306 e. The monoisotopic (exact) mass is 232 g/mol. The first-order valence-corrected chi connectivity index (χ1v) is 5.54. The maximum atomic E-state index is 11.2. The largest absolute Gasteiger partial charge is 0.481 e. The molecule has 0 radical (unpaired) electrons. The number of hydrogen-bond acceptors (Lipinski definition) is 4. The van der Waals surface area contributed by atoms with Crippen LogP contribution in [-0.4, -0.2) is 35.4 Å². The van der Waals surface area contributed by atoms with Crippen molar-refractivity contribution >= 4 is 11.9 Å². The number of rotatable bonds is 9. The van der Waals surface area contributed by atoms with Crippen molar-refractivity contribution in [3.63, 3.8) is 0 Å². The third kappa shape index (κ3) is 9.45. The average Bonchev–Trinajstić information content (AvgIpc) is 2.21. The van der Waals surface area contributed by atoms with Crippen molar-refractivity contribution in [1.82, 2.24) is 0 Å². The molecule has 2 N–H and O–H groups in total. The van der Waals surface area contributed by atoms with E-state index in [2.05, 4.69) is 0 Å². The fraction of sp³-hybridized carbons (Fsp3) is 0.818. The summed E-state index contributed by atoms with van der Waals surface area (Å²) in [5, 5.41) is 17.0. The number of hydrogen-bond donors (Lipinski definition) is 2. The van der Waals surface area contributed by atoms with E-state index in [1.807, 2.05) is 6.92 Å². The molecule has 0 bridgehead atoms. The van der Waals surface area contributed by atoms with E-state index in [-0.39, 0.29) is 31.3 Å². The van der Waals surface area contributed by atoms with E-state index in [1.54, 1.807) is 0 Å². The molecule has 0 aromatic heterocycles. The fourth-order valence-electron chi connectivity index (χ4n) is 1.22. The average molecular weight is 232 g/mol. The third-order valence-electron chi connectivity index (χ3n) is 2.18. The Hall–Kier alpha value is -1.10. The Kier molecular flexibility index (Phi) is 8.52. The number of carboxylic acids is 1. The van der Waals surface area contributed by atoms with Crippen LogP contribution in [0.25, 0.3) is 0 Å². The number of aliphatic carboxylic acids is 1. The second-order valence-corrected chi connectivity index (χ2v) is 3.89. The van der Waals surface area contributed by atoms with Gasteiger partial charge in [-0.15, -0.1) is 0 Å². The van der Waals surface area contributed by atoms with Crippen molar-refractivity contribution < 1.29 is 24.5 Å². The standard InChI is InChI=1S/C11H20O5/c1-9(4-5-10(13)14)8-11(15)16-7-3-2-6-12/h9,12H,2-8H2,1H3,(H,13,14). The van der Waals surface area contributed by atoms with E-state index in [9.17, 15) is 9.59 Å². The summed E-state index contributed by atoms with van der Waals surface area (Å²) in [6.45, 7) is 2.26. The highest BCUT2D eigenvalue weighted by Gasteiger charge is 2.11. The van der Waals surface area contributed by atoms with Gasteiger partial charge in [0.15, 0.2) is 0 Å². The molecule has 0 amide bonds. The van der Waals surface area contributed by atoms with Crippen molar-refractivity contribution in [2.75, 3.05) is 13.2 Å². The molecular formula is C11H20O5. The molecule has 1 atom stereocenters. The van der Waals surface area contributed by atoms with Crippen LogP contribution in [-0.2, 0) is 14.3 Å². The molecule has 1 unspecified atom stereocenters. The number of unbranched alkanes of at least 4 members (excludes halogenated alkanes) is 1. The number of ether oxygens (including phenoxy) is 1. The molecule has 0 heterocycles. The highest BCUT2D eigenvalue weighted by molar-refractivity contribution is 5.70. The molecule has 0 aliphatic rings. The zero-order chi connectivity index (χ0) is 12.4. The number of esters is 1. The minimum Gasteiger partial charge on any atom is -0.481 e. The van der Waals surface area contributed by atoms with Gasteiger partial charge < -0.3 is 14.9 Å². The van der Waals surface area contributed by atoms with Crippen LogP contribution < -0.4 is 0 Å². The third-order valence-corrected chi connectivity index (χ3v) is 2.18. The molecule has 0 fully saturated rings. The van der Waals surface area contributed by atoms with Crippen molar-refractivity contribution in [2.24, 2.45) is 5.92 Å².